The van der Waals surface area contributed by atoms with E-state index in [0.717, 1.165) is 5.69 Å². The molecule has 1 aromatic carbocycles. The zero-order valence-electron chi connectivity index (χ0n) is 9.56. The summed E-state index contributed by atoms with van der Waals surface area (Å²) in [6, 6.07) is 7.96. The lowest BCUT2D eigenvalue weighted by atomic mass is 10.2. The van der Waals surface area contributed by atoms with Gasteiger partial charge in [-0.25, -0.2) is 9.78 Å². The van der Waals surface area contributed by atoms with Crippen molar-refractivity contribution in [1.29, 1.82) is 0 Å². The van der Waals surface area contributed by atoms with Crippen LogP contribution in [0.4, 0.5) is 10.8 Å². The summed E-state index contributed by atoms with van der Waals surface area (Å²) < 4.78 is 4.62. The number of anilines is 2. The first-order valence-electron chi connectivity index (χ1n) is 5.07. The van der Waals surface area contributed by atoms with Crippen LogP contribution in [0.1, 0.15) is 15.2 Å². The highest BCUT2D eigenvalue weighted by atomic mass is 32.1. The average Bonchev–Trinajstić information content (AvgIpc) is 2.80. The molecule has 17 heavy (non-hydrogen) atoms. The summed E-state index contributed by atoms with van der Waals surface area (Å²) in [7, 11) is 1.36. The number of aryl methyl sites for hydroxylation is 1. The second-order valence-corrected chi connectivity index (χ2v) is 4.54. The fraction of sp³-hybridized carbons (Fsp3) is 0.167. The Hall–Kier alpha value is -1.88. The van der Waals surface area contributed by atoms with Crippen LogP contribution < -0.4 is 5.32 Å². The van der Waals surface area contributed by atoms with E-state index in [0.29, 0.717) is 10.0 Å². The average molecular weight is 248 g/mol. The number of rotatable bonds is 3. The van der Waals surface area contributed by atoms with Crippen LogP contribution in [0.15, 0.2) is 30.5 Å². The molecule has 0 saturated carbocycles. The fourth-order valence-corrected chi connectivity index (χ4v) is 2.04. The molecule has 2 rings (SSSR count). The summed E-state index contributed by atoms with van der Waals surface area (Å²) in [6.07, 6.45) is 1.51. The number of thiazole rings is 1. The smallest absolute Gasteiger partial charge is 0.349 e. The maximum atomic E-state index is 11.2. The van der Waals surface area contributed by atoms with Gasteiger partial charge < -0.3 is 10.1 Å². The third-order valence-electron chi connectivity index (χ3n) is 2.20. The molecule has 88 valence electrons. The largest absolute Gasteiger partial charge is 0.465 e. The van der Waals surface area contributed by atoms with Crippen molar-refractivity contribution < 1.29 is 9.53 Å². The number of aromatic nitrogens is 1. The van der Waals surface area contributed by atoms with Gasteiger partial charge in [0.25, 0.3) is 0 Å². The fourth-order valence-electron chi connectivity index (χ4n) is 1.29. The van der Waals surface area contributed by atoms with Gasteiger partial charge in [-0.1, -0.05) is 29.0 Å². The second-order valence-electron chi connectivity index (χ2n) is 3.51. The van der Waals surface area contributed by atoms with E-state index in [1.54, 1.807) is 0 Å². The molecular formula is C12H12N2O2S. The lowest BCUT2D eigenvalue weighted by Gasteiger charge is -2.01. The molecule has 0 bridgehead atoms. The molecule has 1 heterocycles. The Labute approximate surface area is 103 Å². The summed E-state index contributed by atoms with van der Waals surface area (Å²) in [5.41, 5.74) is 2.14. The molecule has 0 saturated heterocycles. The number of methoxy groups -OCH3 is 1. The molecule has 0 radical (unpaired) electrons. The Balaban J connectivity index is 2.11. The van der Waals surface area contributed by atoms with Crippen LogP contribution in [-0.2, 0) is 4.74 Å². The van der Waals surface area contributed by atoms with Crippen LogP contribution >= 0.6 is 11.3 Å². The minimum Gasteiger partial charge on any atom is -0.465 e. The zero-order chi connectivity index (χ0) is 12.3. The lowest BCUT2D eigenvalue weighted by Crippen LogP contribution is -1.96. The predicted octanol–water partition coefficient (Wildman–Crippen LogP) is 2.98. The van der Waals surface area contributed by atoms with Crippen molar-refractivity contribution in [1.82, 2.24) is 4.98 Å². The molecular weight excluding hydrogens is 236 g/mol. The van der Waals surface area contributed by atoms with E-state index >= 15 is 0 Å². The minimum atomic E-state index is -0.362. The van der Waals surface area contributed by atoms with Crippen molar-refractivity contribution in [2.75, 3.05) is 12.4 Å². The van der Waals surface area contributed by atoms with Crippen molar-refractivity contribution in [2.45, 2.75) is 6.92 Å². The Morgan fingerprint density at radius 2 is 2.06 bits per heavy atom. The monoisotopic (exact) mass is 248 g/mol. The molecule has 2 aromatic rings. The summed E-state index contributed by atoms with van der Waals surface area (Å²) in [4.78, 5) is 15.8. The Kier molecular flexibility index (Phi) is 3.39. The highest BCUT2D eigenvalue weighted by Crippen LogP contribution is 2.23. The Bertz CT molecular complexity index is 520. The maximum Gasteiger partial charge on any atom is 0.349 e. The van der Waals surface area contributed by atoms with Gasteiger partial charge in [0, 0.05) is 5.69 Å². The van der Waals surface area contributed by atoms with Crippen LogP contribution in [-0.4, -0.2) is 18.1 Å². The van der Waals surface area contributed by atoms with E-state index in [1.807, 2.05) is 31.2 Å². The third kappa shape index (κ3) is 2.82. The van der Waals surface area contributed by atoms with Gasteiger partial charge in [0.2, 0.25) is 0 Å². The SMILES string of the molecule is COC(=O)c1cnc(Nc2ccc(C)cc2)s1. The van der Waals surface area contributed by atoms with Crippen molar-refractivity contribution in [3.05, 3.63) is 40.9 Å². The van der Waals surface area contributed by atoms with E-state index in [4.69, 9.17) is 0 Å². The number of carbonyl (C=O) groups is 1. The normalized spacial score (nSPS) is 10.0. The standard InChI is InChI=1S/C12H12N2O2S/c1-8-3-5-9(6-4-8)14-12-13-7-10(17-12)11(15)16-2/h3-7H,1-2H3,(H,13,14). The lowest BCUT2D eigenvalue weighted by molar-refractivity contribution is 0.0606. The van der Waals surface area contributed by atoms with Gasteiger partial charge in [0.1, 0.15) is 4.88 Å². The van der Waals surface area contributed by atoms with Crippen molar-refractivity contribution in [3.63, 3.8) is 0 Å². The molecule has 0 unspecified atom stereocenters. The molecule has 4 nitrogen and oxygen atoms in total. The summed E-state index contributed by atoms with van der Waals surface area (Å²) >= 11 is 1.27. The summed E-state index contributed by atoms with van der Waals surface area (Å²) in [5, 5.41) is 3.81. The second kappa shape index (κ2) is 4.97. The summed E-state index contributed by atoms with van der Waals surface area (Å²) in [6.45, 7) is 2.03. The number of ether oxygens (including phenoxy) is 1. The molecule has 0 fully saturated rings. The number of nitrogens with one attached hydrogen (secondary N) is 1. The van der Waals surface area contributed by atoms with Crippen LogP contribution in [0.5, 0.6) is 0 Å². The van der Waals surface area contributed by atoms with Gasteiger partial charge in [0.15, 0.2) is 5.13 Å². The Morgan fingerprint density at radius 3 is 2.71 bits per heavy atom. The molecule has 0 aliphatic heterocycles. The summed E-state index contributed by atoms with van der Waals surface area (Å²) in [5.74, 6) is -0.362. The van der Waals surface area contributed by atoms with Crippen molar-refractivity contribution >= 4 is 28.1 Å². The van der Waals surface area contributed by atoms with Gasteiger partial charge in [0.05, 0.1) is 13.3 Å². The van der Waals surface area contributed by atoms with E-state index in [9.17, 15) is 4.79 Å². The highest BCUT2D eigenvalue weighted by Gasteiger charge is 2.10. The molecule has 0 aliphatic carbocycles. The first-order chi connectivity index (χ1) is 8.19. The number of hydrogen-bond acceptors (Lipinski definition) is 5. The Morgan fingerprint density at radius 1 is 1.35 bits per heavy atom. The molecule has 5 heteroatoms. The van der Waals surface area contributed by atoms with Gasteiger partial charge in [-0.2, -0.15) is 0 Å². The van der Waals surface area contributed by atoms with E-state index in [2.05, 4.69) is 15.0 Å². The highest BCUT2D eigenvalue weighted by molar-refractivity contribution is 7.17. The molecule has 1 N–H and O–H groups in total. The zero-order valence-corrected chi connectivity index (χ0v) is 10.4. The van der Waals surface area contributed by atoms with Crippen LogP contribution in [0.2, 0.25) is 0 Å². The topological polar surface area (TPSA) is 51.2 Å². The number of benzene rings is 1. The van der Waals surface area contributed by atoms with Crippen LogP contribution in [0.25, 0.3) is 0 Å². The van der Waals surface area contributed by atoms with Crippen molar-refractivity contribution in [2.24, 2.45) is 0 Å². The maximum absolute atomic E-state index is 11.2. The number of hydrogen-bond donors (Lipinski definition) is 1. The number of esters is 1. The number of carbonyl (C=O) groups excluding carboxylic acids is 1. The van der Waals surface area contributed by atoms with E-state index < -0.39 is 0 Å². The van der Waals surface area contributed by atoms with E-state index in [1.165, 1.54) is 30.2 Å². The molecule has 1 aromatic heterocycles. The quantitative estimate of drug-likeness (QED) is 0.848. The number of nitrogens with zero attached hydrogens (tertiary/aromatic N) is 1. The molecule has 0 aliphatic rings. The first-order valence-corrected chi connectivity index (χ1v) is 5.88. The first kappa shape index (κ1) is 11.6. The van der Waals surface area contributed by atoms with Crippen LogP contribution in [0, 0.1) is 6.92 Å². The van der Waals surface area contributed by atoms with Gasteiger partial charge >= 0.3 is 5.97 Å². The molecule has 0 atom stereocenters. The van der Waals surface area contributed by atoms with Crippen LogP contribution in [0.3, 0.4) is 0 Å². The van der Waals surface area contributed by atoms with Gasteiger partial charge in [-0.15, -0.1) is 0 Å². The minimum absolute atomic E-state index is 0.362. The van der Waals surface area contributed by atoms with Crippen molar-refractivity contribution in [3.8, 4) is 0 Å². The third-order valence-corrected chi connectivity index (χ3v) is 3.09. The predicted molar refractivity (Wildman–Crippen MR) is 67.9 cm³/mol. The molecule has 0 spiro atoms. The van der Waals surface area contributed by atoms with Gasteiger partial charge in [-0.3, -0.25) is 0 Å². The van der Waals surface area contributed by atoms with Gasteiger partial charge in [-0.05, 0) is 19.1 Å². The molecule has 0 amide bonds. The van der Waals surface area contributed by atoms with E-state index in [-0.39, 0.29) is 5.97 Å².